The standard InChI is InChI=1S/C19H17F5N6O2/c20-16(21)15-13-14(26-7-27-17(13)29-18(31)32-15)11-3-8(19(22,23)24)4-12(28-11)30-9-1-2-10(30)6-25-5-9/h3-4,7,9-10,15-16,25H,1-2,5-6H2,(H,26,27,29,31). The molecule has 0 aromatic carbocycles. The summed E-state index contributed by atoms with van der Waals surface area (Å²) >= 11 is 0. The van der Waals surface area contributed by atoms with Crippen molar-refractivity contribution in [3.05, 3.63) is 29.6 Å². The Hall–Kier alpha value is -3.09. The van der Waals surface area contributed by atoms with Gasteiger partial charge in [0.2, 0.25) is 0 Å². The third-order valence-corrected chi connectivity index (χ3v) is 5.88. The summed E-state index contributed by atoms with van der Waals surface area (Å²) in [5.41, 5.74) is -1.80. The first-order chi connectivity index (χ1) is 15.2. The van der Waals surface area contributed by atoms with Crippen molar-refractivity contribution in [2.45, 2.75) is 43.6 Å². The van der Waals surface area contributed by atoms with E-state index in [0.717, 1.165) is 31.3 Å². The van der Waals surface area contributed by atoms with Crippen molar-refractivity contribution in [2.24, 2.45) is 0 Å². The van der Waals surface area contributed by atoms with E-state index in [1.165, 1.54) is 0 Å². The largest absolute Gasteiger partial charge is 0.435 e. The lowest BCUT2D eigenvalue weighted by atomic mass is 10.0. The van der Waals surface area contributed by atoms with E-state index >= 15 is 0 Å². The van der Waals surface area contributed by atoms with E-state index in [1.807, 2.05) is 4.90 Å². The molecule has 2 N–H and O–H groups in total. The summed E-state index contributed by atoms with van der Waals surface area (Å²) in [6, 6.07) is 1.69. The first kappa shape index (κ1) is 20.8. The summed E-state index contributed by atoms with van der Waals surface area (Å²) in [6.45, 7) is 1.22. The molecule has 5 heterocycles. The lowest BCUT2D eigenvalue weighted by Gasteiger charge is -2.36. The molecule has 3 aliphatic rings. The molecule has 3 unspecified atom stereocenters. The van der Waals surface area contributed by atoms with Crippen LogP contribution in [-0.4, -0.2) is 52.6 Å². The number of piperazine rings is 1. The molecule has 0 spiro atoms. The number of nitrogens with one attached hydrogen (secondary N) is 2. The second kappa shape index (κ2) is 7.50. The fourth-order valence-corrected chi connectivity index (χ4v) is 4.53. The number of carbonyl (C=O) groups excluding carboxylic acids is 1. The van der Waals surface area contributed by atoms with Gasteiger partial charge in [0.05, 0.1) is 16.8 Å². The lowest BCUT2D eigenvalue weighted by Crippen LogP contribution is -2.52. The van der Waals surface area contributed by atoms with Crippen LogP contribution in [0.5, 0.6) is 0 Å². The van der Waals surface area contributed by atoms with Crippen molar-refractivity contribution in [1.29, 1.82) is 0 Å². The molecule has 8 nitrogen and oxygen atoms in total. The molecule has 2 aromatic rings. The molecule has 0 saturated carbocycles. The smallest absolute Gasteiger partial charge is 0.416 e. The second-order valence-corrected chi connectivity index (χ2v) is 7.82. The monoisotopic (exact) mass is 456 g/mol. The van der Waals surface area contributed by atoms with Crippen molar-refractivity contribution in [2.75, 3.05) is 23.3 Å². The number of carbonyl (C=O) groups is 1. The molecule has 1 amide bonds. The molecule has 0 aliphatic carbocycles. The molecule has 0 radical (unpaired) electrons. The summed E-state index contributed by atoms with van der Waals surface area (Å²) in [5.74, 6) is -0.148. The van der Waals surface area contributed by atoms with E-state index in [-0.39, 0.29) is 40.7 Å². The van der Waals surface area contributed by atoms with Gasteiger partial charge in [0.15, 0.2) is 6.10 Å². The fraction of sp³-hybridized carbons (Fsp3) is 0.474. The third-order valence-electron chi connectivity index (χ3n) is 5.88. The zero-order valence-electron chi connectivity index (χ0n) is 16.4. The van der Waals surface area contributed by atoms with Crippen molar-refractivity contribution in [3.63, 3.8) is 0 Å². The van der Waals surface area contributed by atoms with E-state index < -0.39 is 30.4 Å². The molecular weight excluding hydrogens is 439 g/mol. The molecule has 170 valence electrons. The maximum atomic E-state index is 13.7. The fourth-order valence-electron chi connectivity index (χ4n) is 4.53. The van der Waals surface area contributed by atoms with Gasteiger partial charge in [0, 0.05) is 25.2 Å². The first-order valence-corrected chi connectivity index (χ1v) is 9.91. The number of hydrogen-bond donors (Lipinski definition) is 2. The van der Waals surface area contributed by atoms with E-state index in [1.54, 1.807) is 0 Å². The Morgan fingerprint density at radius 2 is 1.84 bits per heavy atom. The van der Waals surface area contributed by atoms with Gasteiger partial charge in [-0.2, -0.15) is 13.2 Å². The molecule has 5 rings (SSSR count). The minimum atomic E-state index is -4.69. The van der Waals surface area contributed by atoms with Crippen LogP contribution in [0.15, 0.2) is 18.5 Å². The van der Waals surface area contributed by atoms with Crippen LogP contribution < -0.4 is 15.5 Å². The van der Waals surface area contributed by atoms with Gasteiger partial charge in [-0.3, -0.25) is 5.32 Å². The molecule has 2 saturated heterocycles. The Morgan fingerprint density at radius 1 is 1.12 bits per heavy atom. The Labute approximate surface area is 178 Å². The van der Waals surface area contributed by atoms with Crippen LogP contribution in [0.3, 0.4) is 0 Å². The summed E-state index contributed by atoms with van der Waals surface area (Å²) in [7, 11) is 0. The van der Waals surface area contributed by atoms with Crippen LogP contribution in [0.4, 0.5) is 38.4 Å². The molecule has 13 heteroatoms. The highest BCUT2D eigenvalue weighted by Gasteiger charge is 2.41. The highest BCUT2D eigenvalue weighted by Crippen LogP contribution is 2.42. The molecule has 32 heavy (non-hydrogen) atoms. The normalized spacial score (nSPS) is 24.9. The van der Waals surface area contributed by atoms with Gasteiger partial charge < -0.3 is 15.0 Å². The van der Waals surface area contributed by atoms with Crippen LogP contribution in [-0.2, 0) is 10.9 Å². The zero-order chi connectivity index (χ0) is 22.6. The summed E-state index contributed by atoms with van der Waals surface area (Å²) in [4.78, 5) is 25.6. The third kappa shape index (κ3) is 3.49. The number of aromatic nitrogens is 3. The van der Waals surface area contributed by atoms with Gasteiger partial charge in [0.1, 0.15) is 23.7 Å². The van der Waals surface area contributed by atoms with E-state index in [9.17, 15) is 26.7 Å². The van der Waals surface area contributed by atoms with Crippen LogP contribution >= 0.6 is 0 Å². The molecule has 3 aliphatic heterocycles. The van der Waals surface area contributed by atoms with E-state index in [2.05, 4.69) is 30.3 Å². The Balaban J connectivity index is 1.68. The minimum Gasteiger partial charge on any atom is -0.435 e. The minimum absolute atomic E-state index is 0.0201. The van der Waals surface area contributed by atoms with Gasteiger partial charge >= 0.3 is 12.3 Å². The van der Waals surface area contributed by atoms with Gasteiger partial charge in [0.25, 0.3) is 6.43 Å². The maximum absolute atomic E-state index is 13.7. The van der Waals surface area contributed by atoms with Gasteiger partial charge in [-0.05, 0) is 25.0 Å². The van der Waals surface area contributed by atoms with E-state index in [0.29, 0.717) is 13.1 Å². The Bertz CT molecular complexity index is 1050. The average molecular weight is 456 g/mol. The van der Waals surface area contributed by atoms with Crippen LogP contribution in [0.2, 0.25) is 0 Å². The number of nitrogens with zero attached hydrogens (tertiary/aromatic N) is 4. The quantitative estimate of drug-likeness (QED) is 0.685. The summed E-state index contributed by atoms with van der Waals surface area (Å²) < 4.78 is 73.2. The molecule has 3 atom stereocenters. The number of amides is 1. The number of hydrogen-bond acceptors (Lipinski definition) is 7. The maximum Gasteiger partial charge on any atom is 0.416 e. The molecular formula is C19H17F5N6O2. The van der Waals surface area contributed by atoms with Crippen molar-refractivity contribution < 1.29 is 31.5 Å². The SMILES string of the molecule is O=C1Nc2ncnc(-c3cc(C(F)(F)F)cc(N4C5CCC4CNC5)n3)c2C(C(F)F)O1. The van der Waals surface area contributed by atoms with Crippen LogP contribution in [0, 0.1) is 0 Å². The topological polar surface area (TPSA) is 92.3 Å². The van der Waals surface area contributed by atoms with Crippen molar-refractivity contribution in [1.82, 2.24) is 20.3 Å². The number of halogens is 5. The van der Waals surface area contributed by atoms with Gasteiger partial charge in [-0.1, -0.05) is 0 Å². The number of cyclic esters (lactones) is 1. The Morgan fingerprint density at radius 3 is 2.50 bits per heavy atom. The average Bonchev–Trinajstić information content (AvgIpc) is 3.00. The number of pyridine rings is 1. The Kier molecular flexibility index (Phi) is 4.87. The molecule has 2 fully saturated rings. The highest BCUT2D eigenvalue weighted by atomic mass is 19.4. The number of rotatable bonds is 3. The van der Waals surface area contributed by atoms with Gasteiger partial charge in [-0.25, -0.2) is 28.5 Å². The molecule has 2 bridgehead atoms. The van der Waals surface area contributed by atoms with Gasteiger partial charge in [-0.15, -0.1) is 0 Å². The van der Waals surface area contributed by atoms with Crippen LogP contribution in [0.25, 0.3) is 11.4 Å². The second-order valence-electron chi connectivity index (χ2n) is 7.82. The van der Waals surface area contributed by atoms with Crippen molar-refractivity contribution in [3.8, 4) is 11.4 Å². The number of anilines is 2. The summed E-state index contributed by atoms with van der Waals surface area (Å²) in [6.07, 6.45) is -8.42. The van der Waals surface area contributed by atoms with E-state index in [4.69, 9.17) is 0 Å². The van der Waals surface area contributed by atoms with Crippen LogP contribution in [0.1, 0.15) is 30.1 Å². The predicted octanol–water partition coefficient (Wildman–Crippen LogP) is 3.37. The highest BCUT2D eigenvalue weighted by molar-refractivity contribution is 5.88. The first-order valence-electron chi connectivity index (χ1n) is 9.91. The zero-order valence-corrected chi connectivity index (χ0v) is 16.4. The molecule has 2 aromatic heterocycles. The lowest BCUT2D eigenvalue weighted by molar-refractivity contribution is -0.137. The van der Waals surface area contributed by atoms with Crippen molar-refractivity contribution >= 4 is 17.7 Å². The number of alkyl halides is 5. The summed E-state index contributed by atoms with van der Waals surface area (Å²) in [5, 5.41) is 5.44. The number of ether oxygens (including phenoxy) is 1. The predicted molar refractivity (Wildman–Crippen MR) is 101 cm³/mol. The number of fused-ring (bicyclic) bond motifs is 3.